The molecule has 0 radical (unpaired) electrons. The predicted molar refractivity (Wildman–Crippen MR) is 90.3 cm³/mol. The van der Waals surface area contributed by atoms with Crippen LogP contribution in [0, 0.1) is 65.0 Å². The van der Waals surface area contributed by atoms with E-state index in [-0.39, 0.29) is 58.4 Å². The summed E-state index contributed by atoms with van der Waals surface area (Å²) in [4.78, 5) is 0. The normalized spacial score (nSPS) is 4.24. The third-order valence-electron chi connectivity index (χ3n) is 1.90. The topological polar surface area (TPSA) is 159 Å². The van der Waals surface area contributed by atoms with Crippen molar-refractivity contribution in [2.75, 3.05) is 0 Å². The van der Waals surface area contributed by atoms with Gasteiger partial charge < -0.3 is 0 Å². The van der Waals surface area contributed by atoms with Crippen LogP contribution in [0.2, 0.25) is 0 Å². The quantitative estimate of drug-likeness (QED) is 0.171. The van der Waals surface area contributed by atoms with Crippen molar-refractivity contribution in [3.8, 4) is 11.8 Å². The molecule has 0 saturated carbocycles. The monoisotopic (exact) mass is 708 g/mol. The first-order valence-corrected chi connectivity index (χ1v) is 6.20. The Morgan fingerprint density at radius 1 is 0.333 bits per heavy atom. The molecule has 0 fully saturated rings. The molecule has 0 aliphatic rings. The Morgan fingerprint density at radius 2 is 0.485 bits per heavy atom. The first-order chi connectivity index (χ1) is 14.9. The van der Waals surface area contributed by atoms with Crippen LogP contribution in [0.1, 0.15) is 11.1 Å². The first-order valence-electron chi connectivity index (χ1n) is 6.20. The van der Waals surface area contributed by atoms with Gasteiger partial charge in [0.1, 0.15) is 0 Å². The van der Waals surface area contributed by atoms with E-state index in [4.69, 9.17) is 37.2 Å². The fourth-order valence-corrected chi connectivity index (χ4v) is 1.19. The van der Waals surface area contributed by atoms with Crippen molar-refractivity contribution in [3.05, 3.63) is 125 Å². The Morgan fingerprint density at radius 3 is 0.636 bits per heavy atom. The summed E-state index contributed by atoms with van der Waals surface area (Å²) in [6.45, 7) is 36.0. The minimum absolute atomic E-state index is 0. The van der Waals surface area contributed by atoms with E-state index in [1.54, 1.807) is 0 Å². The maximum absolute atomic E-state index is 7.50. The van der Waals surface area contributed by atoms with Crippen LogP contribution in [0.3, 0.4) is 0 Å². The van der Waals surface area contributed by atoms with Gasteiger partial charge in [-0.15, -0.1) is 0 Å². The van der Waals surface area contributed by atoms with Crippen molar-refractivity contribution in [1.82, 2.24) is 0 Å². The van der Waals surface area contributed by atoms with Crippen LogP contribution in [0.5, 0.6) is 0 Å². The molecule has 0 atom stereocenters. The van der Waals surface area contributed by atoms with Gasteiger partial charge in [0.05, 0.1) is 0 Å². The van der Waals surface area contributed by atoms with Crippen LogP contribution in [-0.4, -0.2) is 0 Å². The smallest absolute Gasteiger partial charge is 0 e. The minimum atomic E-state index is 0. The molecular weight excluding hydrogens is 695 g/mol. The van der Waals surface area contributed by atoms with Crippen molar-refractivity contribution in [3.63, 3.8) is 0 Å². The molecule has 33 heavy (non-hydrogen) atoms. The van der Waals surface area contributed by atoms with Gasteiger partial charge in [-0.2, -0.15) is 0 Å². The second kappa shape index (κ2) is 99.0. The summed E-state index contributed by atoms with van der Waals surface area (Å²) in [5.41, 5.74) is 2.10. The molecule has 0 N–H and O–H groups in total. The zero-order chi connectivity index (χ0) is 25.6. The van der Waals surface area contributed by atoms with E-state index in [0.29, 0.717) is 0 Å². The molecule has 0 aromatic heterocycles. The average Bonchev–Trinajstić information content (AvgIpc) is 2.93. The van der Waals surface area contributed by atoms with Crippen molar-refractivity contribution in [1.29, 1.82) is 0 Å². The van der Waals surface area contributed by atoms with E-state index in [1.165, 1.54) is 0 Å². The maximum Gasteiger partial charge on any atom is 0 e. The van der Waals surface area contributed by atoms with Gasteiger partial charge in [0.2, 0.25) is 0 Å². The Bertz CT molecular complexity index is 680. The molecule has 2 aromatic rings. The van der Waals surface area contributed by atoms with E-state index in [1.807, 2.05) is 60.7 Å². The van der Waals surface area contributed by atoms with Crippen LogP contribution < -0.4 is 0 Å². The van der Waals surface area contributed by atoms with Crippen molar-refractivity contribution in [2.45, 2.75) is 0 Å². The largest absolute Gasteiger partial charge is 0 e. The Kier molecular flexibility index (Phi) is 190. The summed E-state index contributed by atoms with van der Waals surface area (Å²) in [5.74, 6) is 6.22. The average molecular weight is 706 g/mol. The predicted octanol–water partition coefficient (Wildman–Crippen LogP) is 2.78. The number of benzene rings is 2. The summed E-state index contributed by atoms with van der Waals surface area (Å²) in [7, 11) is 0. The first kappa shape index (κ1) is 63.2. The van der Waals surface area contributed by atoms with Crippen molar-refractivity contribution in [2.24, 2.45) is 0 Å². The van der Waals surface area contributed by atoms with Crippen molar-refractivity contribution < 1.29 is 95.7 Å². The molecule has 0 saturated heterocycles. The van der Waals surface area contributed by atoms with Crippen LogP contribution in [0.4, 0.5) is 0 Å². The van der Waals surface area contributed by atoms with E-state index in [9.17, 15) is 0 Å². The van der Waals surface area contributed by atoms with Gasteiger partial charge in [-0.3, -0.25) is 0 Å². The summed E-state index contributed by atoms with van der Waals surface area (Å²) < 4.78 is 60.0. The zero-order valence-electron chi connectivity index (χ0n) is 16.1. The third kappa shape index (κ3) is 65.2. The van der Waals surface area contributed by atoms with E-state index < -0.39 is 0 Å². The van der Waals surface area contributed by atoms with Gasteiger partial charge in [-0.1, -0.05) is 48.2 Å². The molecule has 0 aliphatic heterocycles. The van der Waals surface area contributed by atoms with Crippen molar-refractivity contribution >= 4 is 0 Å². The molecule has 2 aromatic carbocycles. The zero-order valence-corrected chi connectivity index (χ0v) is 21.3. The number of hydrogen-bond acceptors (Lipinski definition) is 0. The number of hydrogen-bond donors (Lipinski definition) is 0. The van der Waals surface area contributed by atoms with Gasteiger partial charge in [0.15, 0.2) is 0 Å². The van der Waals surface area contributed by atoms with Crippen LogP contribution in [-0.2, 0) is 95.7 Å². The minimum Gasteiger partial charge on any atom is 0 e. The fraction of sp³-hybridized carbons (Fsp3) is 0. The van der Waals surface area contributed by atoms with Gasteiger partial charge in [-0.25, -0.2) is 0 Å². The molecule has 8 nitrogen and oxygen atoms in total. The van der Waals surface area contributed by atoms with Crippen LogP contribution in [0.25, 0.3) is 0 Å². The van der Waals surface area contributed by atoms with Gasteiger partial charge in [-0.05, 0) is 24.3 Å². The van der Waals surface area contributed by atoms with E-state index in [2.05, 4.69) is 65.0 Å². The Labute approximate surface area is 231 Å². The van der Waals surface area contributed by atoms with Crippen LogP contribution >= 0.6 is 0 Å². The second-order valence-electron chi connectivity index (χ2n) is 2.98. The van der Waals surface area contributed by atoms with Gasteiger partial charge >= 0.3 is 90.4 Å². The number of rotatable bonds is 0. The van der Waals surface area contributed by atoms with E-state index >= 15 is 0 Å². The third-order valence-corrected chi connectivity index (χ3v) is 1.90. The molecule has 11 heteroatoms. The molecule has 2 rings (SSSR count). The Balaban J connectivity index is -0.0000000301. The molecule has 0 heterocycles. The van der Waals surface area contributed by atoms with E-state index in [0.717, 1.165) is 11.1 Å². The molecule has 0 amide bonds. The molecule has 170 valence electrons. The molecule has 0 aliphatic carbocycles. The summed E-state index contributed by atoms with van der Waals surface area (Å²) in [6, 6.07) is 20.0. The fourth-order valence-electron chi connectivity index (χ4n) is 1.19. The standard InChI is InChI=1S/C14H10.8CO.3Ru/c1-3-7-13(8-4-1)11-12-14-9-5-2-6-10-14;8*1-2;;;/h1-10H;;;;;;;;;;;. The van der Waals surface area contributed by atoms with Gasteiger partial charge in [0, 0.05) is 69.6 Å². The molecule has 0 bridgehead atoms. The van der Waals surface area contributed by atoms with Gasteiger partial charge in [0.25, 0.3) is 0 Å². The Hall–Kier alpha value is -2.21. The SMILES string of the molecule is C(#Cc1ccccc1)c1ccccc1.[C-]#[O+].[C-]#[O+].[C-]#[O+].[C-]#[O+].[C-]#[O+].[C-]#[O+].[C-]#[O+].[C-]#[O+].[Ru].[Ru].[Ru]. The summed E-state index contributed by atoms with van der Waals surface area (Å²) >= 11 is 0. The maximum atomic E-state index is 7.50. The summed E-state index contributed by atoms with van der Waals surface area (Å²) in [6.07, 6.45) is 0. The van der Waals surface area contributed by atoms with Crippen LogP contribution in [0.15, 0.2) is 60.7 Å². The molecular formula is C22H10O8Ru3. The molecule has 0 unspecified atom stereocenters. The summed E-state index contributed by atoms with van der Waals surface area (Å²) in [5, 5.41) is 0. The molecule has 0 spiro atoms. The second-order valence-corrected chi connectivity index (χ2v) is 2.98.